The zero-order valence-corrected chi connectivity index (χ0v) is 12.7. The molecule has 1 aliphatic rings. The van der Waals surface area contributed by atoms with Gasteiger partial charge in [0.2, 0.25) is 0 Å². The Morgan fingerprint density at radius 3 is 2.15 bits per heavy atom. The molecule has 0 saturated heterocycles. The summed E-state index contributed by atoms with van der Waals surface area (Å²) in [4.78, 5) is 4.49. The fourth-order valence-electron chi connectivity index (χ4n) is 1.46. The summed E-state index contributed by atoms with van der Waals surface area (Å²) in [6.07, 6.45) is 0. The zero-order chi connectivity index (χ0) is 13.7. The van der Waals surface area contributed by atoms with Crippen LogP contribution in [0.4, 0.5) is 0 Å². The van der Waals surface area contributed by atoms with Crippen molar-refractivity contribution in [1.29, 1.82) is 0 Å². The smallest absolute Gasteiger partial charge is 0.0743 e. The molecule has 1 atom stereocenters. The van der Waals surface area contributed by atoms with Gasteiger partial charge >= 0.3 is 0 Å². The summed E-state index contributed by atoms with van der Waals surface area (Å²) in [5, 5.41) is 0. The average Bonchev–Trinajstić information content (AvgIpc) is 3.13. The molecule has 20 heavy (non-hydrogen) atoms. The van der Waals surface area contributed by atoms with Crippen LogP contribution in [0.1, 0.15) is 26.3 Å². The van der Waals surface area contributed by atoms with Crippen molar-refractivity contribution >= 4 is 5.90 Å². The maximum Gasteiger partial charge on any atom is 0.0743 e. The first-order valence-electron chi connectivity index (χ1n) is 6.00. The fourth-order valence-corrected chi connectivity index (χ4v) is 1.46. The Hall–Kier alpha value is -1.31. The van der Waals surface area contributed by atoms with Crippen LogP contribution >= 0.6 is 0 Å². The minimum atomic E-state index is 0. The van der Waals surface area contributed by atoms with Gasteiger partial charge in [-0.3, -0.25) is 0 Å². The Morgan fingerprint density at radius 2 is 1.75 bits per heavy atom. The molecular formula is C17H13FeNO-10. The molecule has 0 fully saturated rings. The molecule has 0 saturated carbocycles. The molecule has 3 heteroatoms. The van der Waals surface area contributed by atoms with Crippen LogP contribution < -0.4 is 0 Å². The maximum absolute atomic E-state index is 5.48. The van der Waals surface area contributed by atoms with Crippen molar-refractivity contribution in [3.63, 3.8) is 0 Å². The molecule has 0 radical (unpaired) electrons. The standard InChI is InChI=1S/C12H12NO.C5H.Fe/c1-12(2,3)10-8-14-11(13-10)9-6-4-5-7-9;1-2-4-5-3-1;/h10H,8H2,1-3H3;1H;/q2*-5;/t10-;;/m0../s1. The van der Waals surface area contributed by atoms with Crippen LogP contribution in [0.15, 0.2) is 11.1 Å². The van der Waals surface area contributed by atoms with Crippen LogP contribution in [0.5, 0.6) is 0 Å². The second-order valence-corrected chi connectivity index (χ2v) is 5.19. The molecule has 3 rings (SSSR count). The van der Waals surface area contributed by atoms with Gasteiger partial charge in [-0.2, -0.15) is 0 Å². The van der Waals surface area contributed by atoms with Crippen molar-refractivity contribution in [2.75, 3.05) is 6.61 Å². The Bertz CT molecular complexity index is 474. The van der Waals surface area contributed by atoms with Gasteiger partial charge in [-0.15, -0.1) is 0 Å². The van der Waals surface area contributed by atoms with Crippen molar-refractivity contribution in [2.24, 2.45) is 10.4 Å². The molecule has 0 bridgehead atoms. The predicted molar refractivity (Wildman–Crippen MR) is 70.5 cm³/mol. The van der Waals surface area contributed by atoms with Gasteiger partial charge in [0.15, 0.2) is 0 Å². The summed E-state index contributed by atoms with van der Waals surface area (Å²) in [5.74, 6) is 0.627. The third-order valence-corrected chi connectivity index (χ3v) is 2.65. The third-order valence-electron chi connectivity index (χ3n) is 2.65. The SMILES string of the molecule is CC(C)(C)[C@@H]1COC([c-]2[c-][c-][c-][c-]2)=N1.[Fe].[c-]1[c-][c-][cH-][c-]1. The predicted octanol–water partition coefficient (Wildman–Crippen LogP) is 2.40. The first-order chi connectivity index (χ1) is 9.07. The molecule has 0 amide bonds. The Morgan fingerprint density at radius 1 is 1.15 bits per heavy atom. The normalized spacial score (nSPS) is 17.4. The first-order valence-corrected chi connectivity index (χ1v) is 6.00. The van der Waals surface area contributed by atoms with E-state index >= 15 is 0 Å². The number of hydrogen-bond acceptors (Lipinski definition) is 2. The molecule has 0 N–H and O–H groups in total. The summed E-state index contributed by atoms with van der Waals surface area (Å²) in [6.45, 7) is 7.12. The maximum atomic E-state index is 5.48. The van der Waals surface area contributed by atoms with E-state index in [0.29, 0.717) is 12.5 Å². The molecule has 1 heterocycles. The van der Waals surface area contributed by atoms with Crippen molar-refractivity contribution in [3.05, 3.63) is 60.2 Å². The van der Waals surface area contributed by atoms with Crippen LogP contribution in [0.3, 0.4) is 0 Å². The van der Waals surface area contributed by atoms with Crippen LogP contribution in [0, 0.1) is 53.9 Å². The second kappa shape index (κ2) is 7.47. The van der Waals surface area contributed by atoms with E-state index in [1.807, 2.05) is 0 Å². The molecule has 0 aromatic heterocycles. The van der Waals surface area contributed by atoms with Crippen molar-refractivity contribution in [2.45, 2.75) is 26.8 Å². The largest absolute Gasteiger partial charge is 0.999 e. The summed E-state index contributed by atoms with van der Waals surface area (Å²) in [7, 11) is 0. The van der Waals surface area contributed by atoms with Gasteiger partial charge in [-0.05, 0) is 5.41 Å². The Kier molecular flexibility index (Phi) is 6.25. The molecule has 0 unspecified atom stereocenters. The van der Waals surface area contributed by atoms with Crippen LogP contribution in [0.2, 0.25) is 0 Å². The minimum Gasteiger partial charge on any atom is -0.999 e. The monoisotopic (exact) mass is 303 g/mol. The Labute approximate surface area is 132 Å². The van der Waals surface area contributed by atoms with Crippen LogP contribution in [-0.2, 0) is 21.8 Å². The van der Waals surface area contributed by atoms with Gasteiger partial charge in [-0.25, -0.2) is 5.90 Å². The van der Waals surface area contributed by atoms with E-state index in [9.17, 15) is 0 Å². The van der Waals surface area contributed by atoms with E-state index < -0.39 is 0 Å². The quantitative estimate of drug-likeness (QED) is 0.585. The molecule has 0 aliphatic carbocycles. The van der Waals surface area contributed by atoms with Gasteiger partial charge in [0, 0.05) is 17.1 Å². The summed E-state index contributed by atoms with van der Waals surface area (Å²) >= 11 is 0. The molecular weight excluding hydrogens is 290 g/mol. The molecule has 1 aliphatic heterocycles. The molecule has 2 aromatic carbocycles. The fraction of sp³-hybridized carbons (Fsp3) is 0.353. The number of nitrogens with zero attached hydrogens (tertiary/aromatic N) is 1. The first kappa shape index (κ1) is 16.7. The minimum absolute atomic E-state index is 0. The molecule has 0 spiro atoms. The van der Waals surface area contributed by atoms with Gasteiger partial charge in [0.05, 0.1) is 12.6 Å². The summed E-state index contributed by atoms with van der Waals surface area (Å²) < 4.78 is 5.48. The number of aliphatic imine (C=N–C) groups is 1. The van der Waals surface area contributed by atoms with Crippen LogP contribution in [-0.4, -0.2) is 18.5 Å². The number of rotatable bonds is 1. The van der Waals surface area contributed by atoms with Gasteiger partial charge in [0.1, 0.15) is 0 Å². The van der Waals surface area contributed by atoms with Gasteiger partial charge in [0.25, 0.3) is 0 Å². The number of ether oxygens (including phenoxy) is 1. The van der Waals surface area contributed by atoms with Gasteiger partial charge < -0.3 is 69.9 Å². The van der Waals surface area contributed by atoms with Crippen molar-refractivity contribution in [1.82, 2.24) is 0 Å². The molecule has 2 aromatic rings. The zero-order valence-electron chi connectivity index (χ0n) is 11.6. The summed E-state index contributed by atoms with van der Waals surface area (Å²) in [6, 6.07) is 23.3. The van der Waals surface area contributed by atoms with E-state index in [4.69, 9.17) is 4.74 Å². The van der Waals surface area contributed by atoms with Crippen molar-refractivity contribution < 1.29 is 21.8 Å². The average molecular weight is 303 g/mol. The second-order valence-electron chi connectivity index (χ2n) is 5.19. The molecule has 2 nitrogen and oxygen atoms in total. The van der Waals surface area contributed by atoms with E-state index in [1.54, 1.807) is 6.07 Å². The van der Waals surface area contributed by atoms with E-state index in [1.165, 1.54) is 0 Å². The van der Waals surface area contributed by atoms with E-state index in [-0.39, 0.29) is 28.5 Å². The Balaban J connectivity index is 0.000000283. The third kappa shape index (κ3) is 4.66. The van der Waals surface area contributed by atoms with E-state index in [2.05, 4.69) is 74.3 Å². The topological polar surface area (TPSA) is 21.6 Å². The van der Waals surface area contributed by atoms with Crippen molar-refractivity contribution in [3.8, 4) is 0 Å². The number of hydrogen-bond donors (Lipinski definition) is 0. The van der Waals surface area contributed by atoms with E-state index in [0.717, 1.165) is 5.56 Å². The van der Waals surface area contributed by atoms with Gasteiger partial charge in [-0.1, -0.05) is 20.8 Å². The summed E-state index contributed by atoms with van der Waals surface area (Å²) in [5.41, 5.74) is 0.874. The molecule has 110 valence electrons. The van der Waals surface area contributed by atoms with Crippen LogP contribution in [0.25, 0.3) is 0 Å².